The van der Waals surface area contributed by atoms with E-state index in [1.807, 2.05) is 12.1 Å². The van der Waals surface area contributed by atoms with Gasteiger partial charge in [-0.3, -0.25) is 10.2 Å². The first kappa shape index (κ1) is 16.1. The summed E-state index contributed by atoms with van der Waals surface area (Å²) in [4.78, 5) is 2.54. The maximum Gasteiger partial charge on any atom is 0.161 e. The Balaban J connectivity index is 1.52. The number of hydrogen-bond acceptors (Lipinski definition) is 4. The van der Waals surface area contributed by atoms with Crippen LogP contribution in [0.5, 0.6) is 11.5 Å². The molecule has 4 rings (SSSR count). The second-order valence-electron chi connectivity index (χ2n) is 6.68. The Bertz CT molecular complexity index is 816. The predicted octanol–water partition coefficient (Wildman–Crippen LogP) is 3.52. The van der Waals surface area contributed by atoms with E-state index >= 15 is 0 Å². The number of aromatic amines is 2. The molecule has 0 aromatic heterocycles. The van der Waals surface area contributed by atoms with Crippen LogP contribution in [0.25, 0.3) is 22.0 Å². The predicted molar refractivity (Wildman–Crippen MR) is 101 cm³/mol. The van der Waals surface area contributed by atoms with Gasteiger partial charge in [-0.15, -0.1) is 0 Å². The Morgan fingerprint density at radius 2 is 1.76 bits per heavy atom. The molecule has 25 heavy (non-hydrogen) atoms. The quantitative estimate of drug-likeness (QED) is 0.641. The fraction of sp³-hybridized carbons (Fsp3) is 0.474. The van der Waals surface area contributed by atoms with Gasteiger partial charge in [0, 0.05) is 24.0 Å². The van der Waals surface area contributed by atoms with E-state index in [1.54, 1.807) is 14.2 Å². The summed E-state index contributed by atoms with van der Waals surface area (Å²) in [6.07, 6.45) is 4.04. The van der Waals surface area contributed by atoms with Gasteiger partial charge >= 0.3 is 0 Å². The first-order valence-corrected chi connectivity index (χ1v) is 9.01. The number of H-pyrrole nitrogens is 2. The lowest BCUT2D eigenvalue weighted by atomic mass is 10.1. The van der Waals surface area contributed by atoms with E-state index in [1.165, 1.54) is 37.9 Å². The fourth-order valence-electron chi connectivity index (χ4n) is 3.79. The molecule has 134 valence electrons. The van der Waals surface area contributed by atoms with Crippen molar-refractivity contribution in [3.63, 3.8) is 0 Å². The van der Waals surface area contributed by atoms with Crippen LogP contribution < -0.4 is 14.8 Å². The van der Waals surface area contributed by atoms with E-state index in [2.05, 4.69) is 26.5 Å². The van der Waals surface area contributed by atoms with Gasteiger partial charge in [-0.25, -0.2) is 0 Å². The summed E-state index contributed by atoms with van der Waals surface area (Å²) < 4.78 is 10.8. The minimum absolute atomic E-state index is 0.747. The number of nitrogens with zero attached hydrogens (tertiary/aromatic N) is 1. The van der Waals surface area contributed by atoms with Gasteiger partial charge in [-0.05, 0) is 49.5 Å². The number of methoxy groups -OCH3 is 2. The first-order valence-electron chi connectivity index (χ1n) is 9.01. The largest absolute Gasteiger partial charge is 0.493 e. The zero-order valence-electron chi connectivity index (χ0n) is 14.9. The van der Waals surface area contributed by atoms with Crippen molar-refractivity contribution in [2.75, 3.05) is 45.7 Å². The van der Waals surface area contributed by atoms with Gasteiger partial charge in [0.15, 0.2) is 11.5 Å². The van der Waals surface area contributed by atoms with Gasteiger partial charge in [0.25, 0.3) is 0 Å². The van der Waals surface area contributed by atoms with Gasteiger partial charge in [0.2, 0.25) is 0 Å². The van der Waals surface area contributed by atoms with E-state index < -0.39 is 0 Å². The zero-order chi connectivity index (χ0) is 17.2. The van der Waals surface area contributed by atoms with E-state index in [9.17, 15) is 0 Å². The number of anilines is 1. The van der Waals surface area contributed by atoms with E-state index in [0.29, 0.717) is 0 Å². The number of ether oxygens (including phenoxy) is 2. The second kappa shape index (κ2) is 6.88. The molecule has 0 radical (unpaired) electrons. The van der Waals surface area contributed by atoms with Crippen LogP contribution >= 0.6 is 0 Å². The van der Waals surface area contributed by atoms with E-state index in [-0.39, 0.29) is 0 Å². The van der Waals surface area contributed by atoms with Gasteiger partial charge in [0.1, 0.15) is 5.82 Å². The lowest BCUT2D eigenvalue weighted by Crippen LogP contribution is -2.33. The van der Waals surface area contributed by atoms with Crippen LogP contribution in [0.2, 0.25) is 0 Å². The molecule has 0 bridgehead atoms. The number of fused-ring (bicyclic) bond motifs is 3. The molecule has 0 spiro atoms. The van der Waals surface area contributed by atoms with Crippen molar-refractivity contribution in [3.8, 4) is 22.8 Å². The zero-order valence-corrected chi connectivity index (χ0v) is 14.9. The highest BCUT2D eigenvalue weighted by Gasteiger charge is 2.19. The average Bonchev–Trinajstić information content (AvgIpc) is 3.20. The van der Waals surface area contributed by atoms with Crippen LogP contribution in [-0.4, -0.2) is 55.5 Å². The molecule has 0 saturated carbocycles. The molecule has 1 saturated heterocycles. The maximum absolute atomic E-state index is 5.43. The third-order valence-electron chi connectivity index (χ3n) is 5.15. The molecular weight excluding hydrogens is 316 g/mol. The molecule has 0 amide bonds. The second-order valence-corrected chi connectivity index (χ2v) is 6.68. The monoisotopic (exact) mass is 342 g/mol. The highest BCUT2D eigenvalue weighted by atomic mass is 16.5. The van der Waals surface area contributed by atoms with Crippen molar-refractivity contribution < 1.29 is 9.47 Å². The topological polar surface area (TPSA) is 65.3 Å². The minimum atomic E-state index is 0.747. The first-order chi connectivity index (χ1) is 12.3. The number of rotatable bonds is 6. The van der Waals surface area contributed by atoms with Crippen molar-refractivity contribution >= 4 is 16.6 Å². The molecule has 2 heterocycles. The molecule has 2 aliphatic heterocycles. The maximum atomic E-state index is 5.43. The normalized spacial score (nSPS) is 15.8. The lowest BCUT2D eigenvalue weighted by Gasteiger charge is -2.26. The molecule has 1 fully saturated rings. The number of piperidine rings is 1. The van der Waals surface area contributed by atoms with E-state index in [4.69, 9.17) is 9.47 Å². The molecule has 3 N–H and O–H groups in total. The number of nitrogens with one attached hydrogen (secondary N) is 3. The molecule has 1 aromatic rings. The summed E-state index contributed by atoms with van der Waals surface area (Å²) in [5.41, 5.74) is 2.26. The Labute approximate surface area is 147 Å². The number of aromatic nitrogens is 2. The van der Waals surface area contributed by atoms with Crippen LogP contribution in [0.1, 0.15) is 19.3 Å². The molecule has 0 atom stereocenters. The molecule has 6 heteroatoms. The molecular formula is C19H26N4O2. The number of hydrogen-bond donors (Lipinski definition) is 3. The Morgan fingerprint density at radius 3 is 2.52 bits per heavy atom. The standard InChI is InChI=1S/C19H26N4O2/c1-24-16-11-13-10-15-18(14(13)12-17(16)25-2)21-22-19(15)20-6-9-23-7-4-3-5-8-23/h10-12,20-22H,3-9H2,1-2H3. The smallest absolute Gasteiger partial charge is 0.161 e. The SMILES string of the molecule is COc1cc2cc3c(NCCN4CCCCC4)[nH][nH]c-3c2cc1OC. The van der Waals surface area contributed by atoms with Crippen LogP contribution in [-0.2, 0) is 0 Å². The molecule has 3 aliphatic rings. The Hall–Kier alpha value is -2.34. The van der Waals surface area contributed by atoms with Gasteiger partial charge in [0.05, 0.1) is 19.9 Å². The van der Waals surface area contributed by atoms with Gasteiger partial charge in [-0.2, -0.15) is 0 Å². The summed E-state index contributed by atoms with van der Waals surface area (Å²) in [6, 6.07) is 6.24. The van der Waals surface area contributed by atoms with Crippen molar-refractivity contribution in [1.29, 1.82) is 0 Å². The third kappa shape index (κ3) is 3.02. The summed E-state index contributed by atoms with van der Waals surface area (Å²) in [5, 5.41) is 12.4. The molecule has 0 unspecified atom stereocenters. The van der Waals surface area contributed by atoms with Crippen molar-refractivity contribution in [2.24, 2.45) is 0 Å². The minimum Gasteiger partial charge on any atom is -0.493 e. The molecule has 6 nitrogen and oxygen atoms in total. The van der Waals surface area contributed by atoms with Gasteiger partial charge in [-0.1, -0.05) is 6.42 Å². The Kier molecular flexibility index (Phi) is 4.44. The van der Waals surface area contributed by atoms with Crippen molar-refractivity contribution in [2.45, 2.75) is 19.3 Å². The summed E-state index contributed by atoms with van der Waals surface area (Å²) >= 11 is 0. The Morgan fingerprint density at radius 1 is 1.00 bits per heavy atom. The molecule has 1 aromatic carbocycles. The number of likely N-dealkylation sites (tertiary alicyclic amines) is 1. The fourth-order valence-corrected chi connectivity index (χ4v) is 3.79. The summed E-state index contributed by atoms with van der Waals surface area (Å²) in [7, 11) is 3.33. The number of benzene rings is 1. The van der Waals surface area contributed by atoms with Crippen molar-refractivity contribution in [3.05, 3.63) is 18.2 Å². The van der Waals surface area contributed by atoms with Gasteiger partial charge < -0.3 is 19.7 Å². The third-order valence-corrected chi connectivity index (χ3v) is 5.15. The van der Waals surface area contributed by atoms with E-state index in [0.717, 1.165) is 46.9 Å². The van der Waals surface area contributed by atoms with Crippen LogP contribution in [0.4, 0.5) is 5.82 Å². The summed E-state index contributed by atoms with van der Waals surface area (Å²) in [5.74, 6) is 2.55. The lowest BCUT2D eigenvalue weighted by molar-refractivity contribution is 0.237. The summed E-state index contributed by atoms with van der Waals surface area (Å²) in [6.45, 7) is 4.49. The molecule has 1 aliphatic carbocycles. The van der Waals surface area contributed by atoms with Crippen LogP contribution in [0.3, 0.4) is 0 Å². The average molecular weight is 342 g/mol. The highest BCUT2D eigenvalue weighted by Crippen LogP contribution is 2.42. The highest BCUT2D eigenvalue weighted by molar-refractivity contribution is 6.05. The van der Waals surface area contributed by atoms with Crippen molar-refractivity contribution in [1.82, 2.24) is 15.1 Å². The van der Waals surface area contributed by atoms with Crippen LogP contribution in [0, 0.1) is 0 Å². The van der Waals surface area contributed by atoms with Crippen LogP contribution in [0.15, 0.2) is 18.2 Å².